The van der Waals surface area contributed by atoms with E-state index in [-0.39, 0.29) is 30.8 Å². The first-order valence-corrected chi connectivity index (χ1v) is 8.46. The van der Waals surface area contributed by atoms with Crippen LogP contribution >= 0.6 is 12.4 Å². The van der Waals surface area contributed by atoms with E-state index in [0.29, 0.717) is 12.6 Å². The van der Waals surface area contributed by atoms with Crippen LogP contribution in [0.3, 0.4) is 0 Å². The van der Waals surface area contributed by atoms with Crippen LogP contribution in [0.2, 0.25) is 0 Å². The lowest BCUT2D eigenvalue weighted by Crippen LogP contribution is -2.53. The lowest BCUT2D eigenvalue weighted by Gasteiger charge is -2.33. The van der Waals surface area contributed by atoms with E-state index in [9.17, 15) is 9.59 Å². The number of anilines is 1. The van der Waals surface area contributed by atoms with Crippen molar-refractivity contribution in [3.8, 4) is 0 Å². The SMILES string of the molecule is Cc1cc(C)c(NC(=O)CNC(=O)CN2CCNC[C@@H]2C)c(C)c1.Cl. The first-order valence-electron chi connectivity index (χ1n) is 8.46. The van der Waals surface area contributed by atoms with Gasteiger partial charge < -0.3 is 16.0 Å². The third-order valence-corrected chi connectivity index (χ3v) is 4.37. The number of nitrogens with one attached hydrogen (secondary N) is 3. The summed E-state index contributed by atoms with van der Waals surface area (Å²) in [6.07, 6.45) is 0. The molecule has 140 valence electrons. The van der Waals surface area contributed by atoms with Crippen molar-refractivity contribution in [2.24, 2.45) is 0 Å². The molecule has 1 fully saturated rings. The number of carbonyl (C=O) groups is 2. The maximum Gasteiger partial charge on any atom is 0.243 e. The van der Waals surface area contributed by atoms with Crippen molar-refractivity contribution in [1.29, 1.82) is 0 Å². The Kier molecular flexibility index (Phi) is 8.35. The molecule has 1 saturated heterocycles. The maximum absolute atomic E-state index is 12.1. The van der Waals surface area contributed by atoms with Gasteiger partial charge in [-0.25, -0.2) is 0 Å². The minimum Gasteiger partial charge on any atom is -0.346 e. The van der Waals surface area contributed by atoms with Crippen LogP contribution in [0, 0.1) is 20.8 Å². The first kappa shape index (κ1) is 21.4. The number of amides is 2. The predicted octanol–water partition coefficient (Wildman–Crippen LogP) is 1.38. The van der Waals surface area contributed by atoms with E-state index >= 15 is 0 Å². The number of hydrogen-bond acceptors (Lipinski definition) is 4. The maximum atomic E-state index is 12.1. The molecule has 2 rings (SSSR count). The topological polar surface area (TPSA) is 73.5 Å². The van der Waals surface area contributed by atoms with Crippen LogP contribution in [-0.2, 0) is 9.59 Å². The van der Waals surface area contributed by atoms with E-state index in [2.05, 4.69) is 27.8 Å². The van der Waals surface area contributed by atoms with Crippen molar-refractivity contribution < 1.29 is 9.59 Å². The van der Waals surface area contributed by atoms with E-state index < -0.39 is 0 Å². The largest absolute Gasteiger partial charge is 0.346 e. The summed E-state index contributed by atoms with van der Waals surface area (Å²) in [6.45, 7) is 11.0. The summed E-state index contributed by atoms with van der Waals surface area (Å²) in [5, 5.41) is 8.90. The molecule has 0 aromatic heterocycles. The Morgan fingerprint density at radius 1 is 1.20 bits per heavy atom. The second-order valence-corrected chi connectivity index (χ2v) is 6.62. The molecule has 1 aliphatic heterocycles. The Bertz CT molecular complexity index is 598. The normalized spacial score (nSPS) is 17.5. The minimum absolute atomic E-state index is 0. The summed E-state index contributed by atoms with van der Waals surface area (Å²) in [6, 6.07) is 4.40. The Morgan fingerprint density at radius 2 is 1.84 bits per heavy atom. The van der Waals surface area contributed by atoms with Crippen LogP contribution < -0.4 is 16.0 Å². The number of aryl methyl sites for hydroxylation is 3. The van der Waals surface area contributed by atoms with Gasteiger partial charge in [0, 0.05) is 31.4 Å². The van der Waals surface area contributed by atoms with Crippen LogP contribution in [0.15, 0.2) is 12.1 Å². The highest BCUT2D eigenvalue weighted by Crippen LogP contribution is 2.21. The van der Waals surface area contributed by atoms with Gasteiger partial charge in [0.15, 0.2) is 0 Å². The average Bonchev–Trinajstić information content (AvgIpc) is 2.51. The summed E-state index contributed by atoms with van der Waals surface area (Å²) in [5.41, 5.74) is 4.06. The highest BCUT2D eigenvalue weighted by atomic mass is 35.5. The van der Waals surface area contributed by atoms with E-state index in [4.69, 9.17) is 0 Å². The van der Waals surface area contributed by atoms with Crippen LogP contribution in [0.5, 0.6) is 0 Å². The summed E-state index contributed by atoms with van der Waals surface area (Å²) in [7, 11) is 0. The molecule has 0 spiro atoms. The van der Waals surface area contributed by atoms with Gasteiger partial charge in [0.1, 0.15) is 0 Å². The van der Waals surface area contributed by atoms with Gasteiger partial charge in [0.2, 0.25) is 11.8 Å². The highest BCUT2D eigenvalue weighted by Gasteiger charge is 2.20. The molecule has 1 aromatic rings. The first-order chi connectivity index (χ1) is 11.4. The van der Waals surface area contributed by atoms with Crippen molar-refractivity contribution in [2.75, 3.05) is 38.0 Å². The van der Waals surface area contributed by atoms with Crippen molar-refractivity contribution in [2.45, 2.75) is 33.7 Å². The quantitative estimate of drug-likeness (QED) is 0.734. The number of rotatable bonds is 5. The molecule has 1 atom stereocenters. The fourth-order valence-electron chi connectivity index (χ4n) is 3.10. The highest BCUT2D eigenvalue weighted by molar-refractivity contribution is 5.96. The molecule has 0 aliphatic carbocycles. The van der Waals surface area contributed by atoms with E-state index in [1.807, 2.05) is 32.9 Å². The zero-order chi connectivity index (χ0) is 17.7. The molecule has 6 nitrogen and oxygen atoms in total. The van der Waals surface area contributed by atoms with E-state index in [1.54, 1.807) is 0 Å². The van der Waals surface area contributed by atoms with E-state index in [0.717, 1.165) is 36.4 Å². The van der Waals surface area contributed by atoms with Crippen LogP contribution in [0.1, 0.15) is 23.6 Å². The average molecular weight is 369 g/mol. The van der Waals surface area contributed by atoms with Gasteiger partial charge in [0.05, 0.1) is 13.1 Å². The Balaban J connectivity index is 0.00000312. The lowest BCUT2D eigenvalue weighted by atomic mass is 10.1. The Hall–Kier alpha value is -1.63. The molecule has 1 heterocycles. The molecule has 2 amide bonds. The smallest absolute Gasteiger partial charge is 0.243 e. The second-order valence-electron chi connectivity index (χ2n) is 6.62. The van der Waals surface area contributed by atoms with Gasteiger partial charge in [-0.05, 0) is 38.8 Å². The van der Waals surface area contributed by atoms with Crippen molar-refractivity contribution >= 4 is 29.9 Å². The summed E-state index contributed by atoms with van der Waals surface area (Å²) in [5.74, 6) is -0.317. The molecule has 0 unspecified atom stereocenters. The third-order valence-electron chi connectivity index (χ3n) is 4.37. The molecule has 0 saturated carbocycles. The Labute approximate surface area is 156 Å². The fraction of sp³-hybridized carbons (Fsp3) is 0.556. The molecular formula is C18H29ClN4O2. The fourth-order valence-corrected chi connectivity index (χ4v) is 3.10. The van der Waals surface area contributed by atoms with Crippen LogP contribution in [0.4, 0.5) is 5.69 Å². The van der Waals surface area contributed by atoms with Gasteiger partial charge in [-0.1, -0.05) is 17.7 Å². The number of nitrogens with zero attached hydrogens (tertiary/aromatic N) is 1. The standard InChI is InChI=1S/C18H28N4O2.ClH/c1-12-7-13(2)18(14(3)8-12)21-16(23)10-20-17(24)11-22-6-5-19-9-15(22)4;/h7-8,15,19H,5-6,9-11H2,1-4H3,(H,20,24)(H,21,23);1H/t15-;/m0./s1. The molecule has 0 bridgehead atoms. The Morgan fingerprint density at radius 3 is 2.44 bits per heavy atom. The number of piperazine rings is 1. The second kappa shape index (κ2) is 9.75. The molecule has 25 heavy (non-hydrogen) atoms. The zero-order valence-electron chi connectivity index (χ0n) is 15.4. The minimum atomic E-state index is -0.202. The number of halogens is 1. The molecule has 7 heteroatoms. The third kappa shape index (κ3) is 6.30. The molecule has 3 N–H and O–H groups in total. The summed E-state index contributed by atoms with van der Waals surface area (Å²) >= 11 is 0. The van der Waals surface area contributed by atoms with Crippen LogP contribution in [0.25, 0.3) is 0 Å². The molecule has 1 aromatic carbocycles. The molecular weight excluding hydrogens is 340 g/mol. The van der Waals surface area contributed by atoms with Crippen LogP contribution in [-0.4, -0.2) is 55.5 Å². The number of carbonyl (C=O) groups excluding carboxylic acids is 2. The van der Waals surface area contributed by atoms with Crippen molar-refractivity contribution in [3.05, 3.63) is 28.8 Å². The van der Waals surface area contributed by atoms with Gasteiger partial charge in [0.25, 0.3) is 0 Å². The lowest BCUT2D eigenvalue weighted by molar-refractivity contribution is -0.125. The van der Waals surface area contributed by atoms with Crippen molar-refractivity contribution in [3.63, 3.8) is 0 Å². The number of hydrogen-bond donors (Lipinski definition) is 3. The van der Waals surface area contributed by atoms with Gasteiger partial charge in [-0.3, -0.25) is 14.5 Å². The van der Waals surface area contributed by atoms with Crippen molar-refractivity contribution in [1.82, 2.24) is 15.5 Å². The summed E-state index contributed by atoms with van der Waals surface area (Å²) in [4.78, 5) is 26.3. The van der Waals surface area contributed by atoms with Gasteiger partial charge in [-0.15, -0.1) is 12.4 Å². The predicted molar refractivity (Wildman–Crippen MR) is 103 cm³/mol. The number of benzene rings is 1. The van der Waals surface area contributed by atoms with E-state index in [1.165, 1.54) is 5.56 Å². The molecule has 0 radical (unpaired) electrons. The monoisotopic (exact) mass is 368 g/mol. The van der Waals surface area contributed by atoms with Gasteiger partial charge >= 0.3 is 0 Å². The summed E-state index contributed by atoms with van der Waals surface area (Å²) < 4.78 is 0. The molecule has 1 aliphatic rings. The zero-order valence-corrected chi connectivity index (χ0v) is 16.3. The van der Waals surface area contributed by atoms with Gasteiger partial charge in [-0.2, -0.15) is 0 Å².